The molecule has 2 aromatic rings. The topological polar surface area (TPSA) is 27.8 Å². The van der Waals surface area contributed by atoms with Crippen LogP contribution in [0.5, 0.6) is 0 Å². The van der Waals surface area contributed by atoms with Gasteiger partial charge in [0.25, 0.3) is 0 Å². The van der Waals surface area contributed by atoms with Gasteiger partial charge in [-0.25, -0.2) is 0 Å². The Kier molecular flexibility index (Phi) is 2.49. The molecule has 0 unspecified atom stereocenters. The van der Waals surface area contributed by atoms with Crippen molar-refractivity contribution in [2.75, 3.05) is 6.54 Å². The van der Waals surface area contributed by atoms with Crippen molar-refractivity contribution in [3.05, 3.63) is 36.0 Å². The molecule has 1 atom stereocenters. The number of H-pyrrole nitrogens is 1. The number of hydrogen-bond donors (Lipinski definition) is 2. The molecule has 0 amide bonds. The van der Waals surface area contributed by atoms with Crippen molar-refractivity contribution in [3.8, 4) is 0 Å². The van der Waals surface area contributed by atoms with E-state index in [0.717, 1.165) is 12.3 Å². The minimum atomic E-state index is 0.563. The average Bonchev–Trinajstić information content (AvgIpc) is 2.69. The van der Waals surface area contributed by atoms with Gasteiger partial charge in [-0.2, -0.15) is 0 Å². The fraction of sp³-hybridized carbons (Fsp3) is 0.529. The third-order valence-electron chi connectivity index (χ3n) is 5.19. The quantitative estimate of drug-likeness (QED) is 0.840. The third-order valence-corrected chi connectivity index (χ3v) is 5.19. The molecule has 2 bridgehead atoms. The minimum absolute atomic E-state index is 0.563. The average molecular weight is 254 g/mol. The number of nitrogens with one attached hydrogen (secondary N) is 2. The van der Waals surface area contributed by atoms with E-state index in [1.54, 1.807) is 0 Å². The highest BCUT2D eigenvalue weighted by atomic mass is 14.9. The minimum Gasteiger partial charge on any atom is -0.361 e. The van der Waals surface area contributed by atoms with Crippen LogP contribution in [0.25, 0.3) is 10.9 Å². The normalized spacial score (nSPS) is 29.8. The Hall–Kier alpha value is -1.28. The Morgan fingerprint density at radius 2 is 2.11 bits per heavy atom. The third kappa shape index (κ3) is 1.90. The van der Waals surface area contributed by atoms with Crippen molar-refractivity contribution in [1.82, 2.24) is 10.3 Å². The van der Waals surface area contributed by atoms with Gasteiger partial charge in [-0.15, -0.1) is 0 Å². The summed E-state index contributed by atoms with van der Waals surface area (Å²) < 4.78 is 0. The fourth-order valence-corrected chi connectivity index (χ4v) is 3.97. The smallest absolute Gasteiger partial charge is 0.0456 e. The molecule has 5 rings (SSSR count). The van der Waals surface area contributed by atoms with Gasteiger partial charge >= 0.3 is 0 Å². The van der Waals surface area contributed by atoms with E-state index in [1.165, 1.54) is 42.3 Å². The van der Waals surface area contributed by atoms with Crippen LogP contribution in [0.15, 0.2) is 30.5 Å². The lowest BCUT2D eigenvalue weighted by Gasteiger charge is -2.62. The summed E-state index contributed by atoms with van der Waals surface area (Å²) in [5.74, 6) is 1.09. The van der Waals surface area contributed by atoms with Gasteiger partial charge < -0.3 is 10.3 Å². The molecule has 3 fully saturated rings. The predicted octanol–water partition coefficient (Wildman–Crippen LogP) is 3.49. The maximum Gasteiger partial charge on any atom is 0.0456 e. The standard InChI is InChI=1S/C17H22N2/c1-12(19-11-17-7-13(8-17)9-17)6-14-10-18-16-5-3-2-4-15(14)16/h2-5,10,12-13,18-19H,6-9,11H2,1H3/t12-,13?,17?/m1/s1. The number of fused-ring (bicyclic) bond motifs is 1. The maximum atomic E-state index is 3.75. The molecule has 0 saturated heterocycles. The monoisotopic (exact) mass is 254 g/mol. The number of aromatic amines is 1. The number of benzene rings is 1. The highest BCUT2D eigenvalue weighted by molar-refractivity contribution is 5.83. The van der Waals surface area contributed by atoms with Crippen molar-refractivity contribution in [1.29, 1.82) is 0 Å². The largest absolute Gasteiger partial charge is 0.361 e. The van der Waals surface area contributed by atoms with Gasteiger partial charge in [0.15, 0.2) is 0 Å². The summed E-state index contributed by atoms with van der Waals surface area (Å²) in [4.78, 5) is 3.37. The van der Waals surface area contributed by atoms with Gasteiger partial charge in [0.05, 0.1) is 0 Å². The molecule has 2 nitrogen and oxygen atoms in total. The van der Waals surface area contributed by atoms with Crippen LogP contribution >= 0.6 is 0 Å². The Labute approximate surface area is 114 Å². The van der Waals surface area contributed by atoms with Crippen LogP contribution < -0.4 is 5.32 Å². The number of aromatic nitrogens is 1. The summed E-state index contributed by atoms with van der Waals surface area (Å²) in [7, 11) is 0. The summed E-state index contributed by atoms with van der Waals surface area (Å²) in [5.41, 5.74) is 3.40. The molecule has 0 aliphatic heterocycles. The Morgan fingerprint density at radius 1 is 1.32 bits per heavy atom. The molecule has 1 heterocycles. The zero-order chi connectivity index (χ0) is 12.9. The highest BCUT2D eigenvalue weighted by Crippen LogP contribution is 2.63. The van der Waals surface area contributed by atoms with E-state index in [-0.39, 0.29) is 0 Å². The van der Waals surface area contributed by atoms with Crippen molar-refractivity contribution >= 4 is 10.9 Å². The van der Waals surface area contributed by atoms with E-state index in [9.17, 15) is 0 Å². The summed E-state index contributed by atoms with van der Waals surface area (Å²) >= 11 is 0. The molecule has 19 heavy (non-hydrogen) atoms. The van der Waals surface area contributed by atoms with E-state index in [2.05, 4.69) is 47.7 Å². The zero-order valence-electron chi connectivity index (χ0n) is 11.6. The maximum absolute atomic E-state index is 3.75. The summed E-state index contributed by atoms with van der Waals surface area (Å²) in [6, 6.07) is 9.15. The van der Waals surface area contributed by atoms with Crippen LogP contribution in [0.1, 0.15) is 31.7 Å². The van der Waals surface area contributed by atoms with Gasteiger partial charge in [0, 0.05) is 29.7 Å². The van der Waals surface area contributed by atoms with E-state index >= 15 is 0 Å². The second kappa shape index (κ2) is 4.11. The van der Waals surface area contributed by atoms with Gasteiger partial charge in [0.1, 0.15) is 0 Å². The van der Waals surface area contributed by atoms with E-state index in [1.807, 2.05) is 0 Å². The van der Waals surface area contributed by atoms with E-state index in [4.69, 9.17) is 0 Å². The summed E-state index contributed by atoms with van der Waals surface area (Å²) in [6.45, 7) is 3.54. The van der Waals surface area contributed by atoms with Crippen molar-refractivity contribution < 1.29 is 0 Å². The molecule has 0 radical (unpaired) electrons. The summed E-state index contributed by atoms with van der Waals surface area (Å²) in [5, 5.41) is 5.13. The highest BCUT2D eigenvalue weighted by Gasteiger charge is 2.55. The van der Waals surface area contributed by atoms with Gasteiger partial charge in [-0.1, -0.05) is 18.2 Å². The molecular weight excluding hydrogens is 232 g/mol. The van der Waals surface area contributed by atoms with Crippen LogP contribution in [0, 0.1) is 11.3 Å². The number of para-hydroxylation sites is 1. The SMILES string of the molecule is C[C@H](Cc1c[nH]c2ccccc12)NCC12CC(C1)C2. The molecule has 100 valence electrons. The Bertz CT molecular complexity index is 581. The van der Waals surface area contributed by atoms with Gasteiger partial charge in [0.2, 0.25) is 0 Å². The Morgan fingerprint density at radius 3 is 2.84 bits per heavy atom. The molecule has 1 aromatic carbocycles. The lowest BCUT2D eigenvalue weighted by molar-refractivity contribution is -0.104. The summed E-state index contributed by atoms with van der Waals surface area (Å²) in [6.07, 6.45) is 7.74. The van der Waals surface area contributed by atoms with Gasteiger partial charge in [-0.05, 0) is 55.6 Å². The van der Waals surface area contributed by atoms with Crippen LogP contribution in [-0.4, -0.2) is 17.6 Å². The van der Waals surface area contributed by atoms with Gasteiger partial charge in [-0.3, -0.25) is 0 Å². The van der Waals surface area contributed by atoms with E-state index < -0.39 is 0 Å². The van der Waals surface area contributed by atoms with Crippen molar-refractivity contribution in [2.45, 2.75) is 38.6 Å². The molecule has 3 aliphatic rings. The Balaban J connectivity index is 1.39. The van der Waals surface area contributed by atoms with Crippen LogP contribution in [0.4, 0.5) is 0 Å². The lowest BCUT2D eigenvalue weighted by atomic mass is 9.44. The first-order chi connectivity index (χ1) is 9.24. The fourth-order valence-electron chi connectivity index (χ4n) is 3.97. The molecule has 0 spiro atoms. The number of rotatable bonds is 5. The zero-order valence-corrected chi connectivity index (χ0v) is 11.6. The molecule has 2 N–H and O–H groups in total. The molecule has 2 heteroatoms. The second-order valence-corrected chi connectivity index (χ2v) is 6.82. The molecule has 1 aromatic heterocycles. The first-order valence-corrected chi connectivity index (χ1v) is 7.53. The molecular formula is C17H22N2. The van der Waals surface area contributed by atoms with Crippen LogP contribution in [-0.2, 0) is 6.42 Å². The van der Waals surface area contributed by atoms with E-state index in [0.29, 0.717) is 11.5 Å². The van der Waals surface area contributed by atoms with Crippen molar-refractivity contribution in [2.24, 2.45) is 11.3 Å². The number of hydrogen-bond acceptors (Lipinski definition) is 1. The first kappa shape index (κ1) is 11.5. The van der Waals surface area contributed by atoms with Crippen molar-refractivity contribution in [3.63, 3.8) is 0 Å². The molecule has 3 aliphatic carbocycles. The second-order valence-electron chi connectivity index (χ2n) is 6.82. The van der Waals surface area contributed by atoms with Crippen LogP contribution in [0.2, 0.25) is 0 Å². The lowest BCUT2D eigenvalue weighted by Crippen LogP contribution is -2.57. The predicted molar refractivity (Wildman–Crippen MR) is 79.2 cm³/mol. The first-order valence-electron chi connectivity index (χ1n) is 7.53. The van der Waals surface area contributed by atoms with Crippen LogP contribution in [0.3, 0.4) is 0 Å². The molecule has 3 saturated carbocycles.